The normalized spacial score (nSPS) is 21.0. The van der Waals surface area contributed by atoms with Gasteiger partial charge in [-0.05, 0) is 141 Å². The van der Waals surface area contributed by atoms with Gasteiger partial charge in [0.15, 0.2) is 0 Å². The lowest BCUT2D eigenvalue weighted by Crippen LogP contribution is -2.36. The van der Waals surface area contributed by atoms with E-state index in [1.807, 2.05) is 6.07 Å². The molecule has 43 heavy (non-hydrogen) atoms. The topological polar surface area (TPSA) is 55.8 Å². The Morgan fingerprint density at radius 2 is 1.74 bits per heavy atom. The van der Waals surface area contributed by atoms with Crippen LogP contribution in [-0.4, -0.2) is 60.1 Å². The highest BCUT2D eigenvalue weighted by molar-refractivity contribution is 5.94. The first-order valence-corrected chi connectivity index (χ1v) is 16.8. The fraction of sp³-hybridized carbons (Fsp3) is 0.500. The first-order valence-electron chi connectivity index (χ1n) is 16.8. The zero-order valence-corrected chi connectivity index (χ0v) is 26.2. The second-order valence-electron chi connectivity index (χ2n) is 13.4. The third-order valence-electron chi connectivity index (χ3n) is 10.2. The molecular weight excluding hydrogens is 530 g/mol. The molecule has 0 radical (unpaired) electrons. The van der Waals surface area contributed by atoms with Gasteiger partial charge in [0.1, 0.15) is 5.75 Å². The van der Waals surface area contributed by atoms with Gasteiger partial charge < -0.3 is 15.3 Å². The third-order valence-corrected chi connectivity index (χ3v) is 10.2. The quantitative estimate of drug-likeness (QED) is 0.249. The van der Waals surface area contributed by atoms with Crippen LogP contribution in [0.25, 0.3) is 11.1 Å². The van der Waals surface area contributed by atoms with Crippen molar-refractivity contribution in [3.05, 3.63) is 88.5 Å². The van der Waals surface area contributed by atoms with Gasteiger partial charge in [0.25, 0.3) is 5.91 Å². The minimum absolute atomic E-state index is 0.0368. The molecule has 2 N–H and O–H groups in total. The SMILES string of the molecule is CCC1c2ccccc2-c2cc(CN3CCC(Cc4cc(C(=O)NCCCN5CCCC(C)C5)ccc4O)CC3)ccc21. The number of carbonyl (C=O) groups is 1. The van der Waals surface area contributed by atoms with E-state index in [4.69, 9.17) is 0 Å². The van der Waals surface area contributed by atoms with Crippen molar-refractivity contribution in [3.63, 3.8) is 0 Å². The molecule has 0 saturated carbocycles. The first kappa shape index (κ1) is 29.9. The maximum atomic E-state index is 12.9. The summed E-state index contributed by atoms with van der Waals surface area (Å²) in [5.41, 5.74) is 8.74. The van der Waals surface area contributed by atoms with Gasteiger partial charge in [-0.1, -0.05) is 50.2 Å². The lowest BCUT2D eigenvalue weighted by Gasteiger charge is -2.32. The van der Waals surface area contributed by atoms with E-state index in [0.29, 0.717) is 29.7 Å². The van der Waals surface area contributed by atoms with Gasteiger partial charge in [0, 0.05) is 31.1 Å². The maximum absolute atomic E-state index is 12.9. The molecule has 2 heterocycles. The van der Waals surface area contributed by atoms with Crippen LogP contribution < -0.4 is 5.32 Å². The number of rotatable bonds is 10. The van der Waals surface area contributed by atoms with E-state index in [-0.39, 0.29) is 5.91 Å². The highest BCUT2D eigenvalue weighted by atomic mass is 16.3. The van der Waals surface area contributed by atoms with Gasteiger partial charge in [-0.15, -0.1) is 0 Å². The Morgan fingerprint density at radius 3 is 2.56 bits per heavy atom. The molecule has 1 amide bonds. The first-order chi connectivity index (χ1) is 21.0. The van der Waals surface area contributed by atoms with Crippen molar-refractivity contribution in [2.45, 2.75) is 71.3 Å². The number of carbonyl (C=O) groups excluding carboxylic acids is 1. The predicted molar refractivity (Wildman–Crippen MR) is 176 cm³/mol. The molecule has 2 atom stereocenters. The zero-order valence-electron chi connectivity index (χ0n) is 26.2. The average molecular weight is 580 g/mol. The van der Waals surface area contributed by atoms with Crippen LogP contribution in [0.15, 0.2) is 60.7 Å². The Bertz CT molecular complexity index is 1410. The lowest BCUT2D eigenvalue weighted by molar-refractivity contribution is 0.0950. The van der Waals surface area contributed by atoms with Crippen molar-refractivity contribution < 1.29 is 9.90 Å². The highest BCUT2D eigenvalue weighted by Crippen LogP contribution is 2.46. The number of piperidine rings is 2. The van der Waals surface area contributed by atoms with E-state index < -0.39 is 0 Å². The fourth-order valence-electron chi connectivity index (χ4n) is 7.80. The van der Waals surface area contributed by atoms with E-state index in [1.165, 1.54) is 53.7 Å². The summed E-state index contributed by atoms with van der Waals surface area (Å²) >= 11 is 0. The Balaban J connectivity index is 0.985. The Labute approximate surface area is 258 Å². The van der Waals surface area contributed by atoms with Gasteiger partial charge in [-0.25, -0.2) is 0 Å². The van der Waals surface area contributed by atoms with Crippen molar-refractivity contribution in [2.24, 2.45) is 11.8 Å². The number of benzene rings is 3. The molecule has 2 aliphatic heterocycles. The smallest absolute Gasteiger partial charge is 0.251 e. The molecule has 3 aromatic rings. The molecule has 3 aromatic carbocycles. The number of fused-ring (bicyclic) bond motifs is 3. The van der Waals surface area contributed by atoms with Gasteiger partial charge >= 0.3 is 0 Å². The number of nitrogens with one attached hydrogen (secondary N) is 1. The molecule has 6 rings (SSSR count). The minimum atomic E-state index is -0.0368. The van der Waals surface area contributed by atoms with Crippen LogP contribution in [-0.2, 0) is 13.0 Å². The summed E-state index contributed by atoms with van der Waals surface area (Å²) in [5, 5.41) is 13.7. The molecule has 2 saturated heterocycles. The monoisotopic (exact) mass is 579 g/mol. The van der Waals surface area contributed by atoms with E-state index in [0.717, 1.165) is 69.8 Å². The second kappa shape index (κ2) is 13.7. The summed E-state index contributed by atoms with van der Waals surface area (Å²) in [6, 6.07) is 21.4. The average Bonchev–Trinajstić information content (AvgIpc) is 3.34. The van der Waals surface area contributed by atoms with E-state index >= 15 is 0 Å². The summed E-state index contributed by atoms with van der Waals surface area (Å²) in [5.74, 6) is 2.09. The van der Waals surface area contributed by atoms with Crippen LogP contribution in [0.2, 0.25) is 0 Å². The van der Waals surface area contributed by atoms with Crippen molar-refractivity contribution in [2.75, 3.05) is 39.3 Å². The second-order valence-corrected chi connectivity index (χ2v) is 13.4. The molecular formula is C38H49N3O2. The molecule has 2 fully saturated rings. The summed E-state index contributed by atoms with van der Waals surface area (Å²) in [7, 11) is 0. The Kier molecular flexibility index (Phi) is 9.49. The minimum Gasteiger partial charge on any atom is -0.508 e. The van der Waals surface area contributed by atoms with E-state index in [1.54, 1.807) is 12.1 Å². The molecule has 5 heteroatoms. The Hall–Kier alpha value is -3.15. The lowest BCUT2D eigenvalue weighted by atomic mass is 9.89. The molecule has 3 aliphatic rings. The highest BCUT2D eigenvalue weighted by Gasteiger charge is 2.28. The molecule has 0 bridgehead atoms. The largest absolute Gasteiger partial charge is 0.508 e. The van der Waals surface area contributed by atoms with Crippen molar-refractivity contribution in [1.29, 1.82) is 0 Å². The predicted octanol–water partition coefficient (Wildman–Crippen LogP) is 7.22. The summed E-state index contributed by atoms with van der Waals surface area (Å²) in [4.78, 5) is 18.0. The Morgan fingerprint density at radius 1 is 0.930 bits per heavy atom. The number of likely N-dealkylation sites (tertiary alicyclic amines) is 2. The van der Waals surface area contributed by atoms with Gasteiger partial charge in [-0.3, -0.25) is 9.69 Å². The van der Waals surface area contributed by atoms with E-state index in [2.05, 4.69) is 71.4 Å². The molecule has 5 nitrogen and oxygen atoms in total. The molecule has 228 valence electrons. The number of aromatic hydroxyl groups is 1. The van der Waals surface area contributed by atoms with Crippen molar-refractivity contribution in [3.8, 4) is 16.9 Å². The fourth-order valence-corrected chi connectivity index (χ4v) is 7.80. The summed E-state index contributed by atoms with van der Waals surface area (Å²) in [6.07, 6.45) is 7.76. The summed E-state index contributed by atoms with van der Waals surface area (Å²) in [6.45, 7) is 11.8. The number of phenols is 1. The van der Waals surface area contributed by atoms with Crippen LogP contribution in [0.1, 0.15) is 90.9 Å². The standard InChI is InChI=1S/C38H49N3O2/c1-3-32-33-9-4-5-10-34(33)36-23-29(11-13-35(32)36)26-41-20-15-28(16-21-41)22-31-24-30(12-14-37(31)42)38(43)39-17-7-19-40-18-6-8-27(2)25-40/h4-5,9-14,23-24,27-28,32,42H,3,6-8,15-22,25-26H2,1-2H3,(H,39,43). The molecule has 1 aliphatic carbocycles. The van der Waals surface area contributed by atoms with Crippen molar-refractivity contribution >= 4 is 5.91 Å². The number of nitrogens with zero attached hydrogens (tertiary/aromatic N) is 2. The van der Waals surface area contributed by atoms with Crippen LogP contribution in [0.4, 0.5) is 0 Å². The number of hydrogen-bond acceptors (Lipinski definition) is 4. The van der Waals surface area contributed by atoms with Crippen LogP contribution in [0.3, 0.4) is 0 Å². The van der Waals surface area contributed by atoms with Crippen LogP contribution in [0.5, 0.6) is 5.75 Å². The molecule has 2 unspecified atom stereocenters. The number of amides is 1. The van der Waals surface area contributed by atoms with Crippen molar-refractivity contribution in [1.82, 2.24) is 15.1 Å². The number of hydrogen-bond donors (Lipinski definition) is 2. The number of phenolic OH excluding ortho intramolecular Hbond substituents is 1. The summed E-state index contributed by atoms with van der Waals surface area (Å²) < 4.78 is 0. The zero-order chi connectivity index (χ0) is 29.8. The van der Waals surface area contributed by atoms with Gasteiger partial charge in [0.05, 0.1) is 0 Å². The van der Waals surface area contributed by atoms with Crippen LogP contribution in [0, 0.1) is 11.8 Å². The van der Waals surface area contributed by atoms with Gasteiger partial charge in [0.2, 0.25) is 0 Å². The van der Waals surface area contributed by atoms with E-state index in [9.17, 15) is 9.90 Å². The maximum Gasteiger partial charge on any atom is 0.251 e. The van der Waals surface area contributed by atoms with Crippen LogP contribution >= 0.6 is 0 Å². The van der Waals surface area contributed by atoms with Gasteiger partial charge in [-0.2, -0.15) is 0 Å². The third kappa shape index (κ3) is 6.99. The molecule has 0 spiro atoms. The molecule has 0 aromatic heterocycles.